The minimum absolute atomic E-state index is 0.118. The molecular formula is C14H18N2O4S. The summed E-state index contributed by atoms with van der Waals surface area (Å²) < 4.78 is 25.9. The van der Waals surface area contributed by atoms with E-state index in [0.29, 0.717) is 17.8 Å². The van der Waals surface area contributed by atoms with Gasteiger partial charge in [-0.3, -0.25) is 4.90 Å². The van der Waals surface area contributed by atoms with Gasteiger partial charge in [0.15, 0.2) is 0 Å². The highest BCUT2D eigenvalue weighted by molar-refractivity contribution is 7.89. The summed E-state index contributed by atoms with van der Waals surface area (Å²) in [4.78, 5) is 12.8. The molecule has 1 aliphatic heterocycles. The van der Waals surface area contributed by atoms with Gasteiger partial charge in [0.05, 0.1) is 10.6 Å². The maximum Gasteiger partial charge on any atom is 0.411 e. The standard InChI is InChI=1S/C14H18N2O4S/c1-10-6-7-13(16(9-10)14(17)18)11-4-3-5-12(8-11)21(19,20)15-2/h3-5,7-8,10,15H,6,9H2,1-2H3,(H,17,18). The number of amides is 1. The van der Waals surface area contributed by atoms with Gasteiger partial charge in [-0.15, -0.1) is 0 Å². The molecule has 1 aromatic carbocycles. The molecule has 1 atom stereocenters. The van der Waals surface area contributed by atoms with Gasteiger partial charge in [-0.2, -0.15) is 0 Å². The highest BCUT2D eigenvalue weighted by Gasteiger charge is 2.25. The van der Waals surface area contributed by atoms with E-state index in [1.165, 1.54) is 24.1 Å². The van der Waals surface area contributed by atoms with Crippen LogP contribution in [0.4, 0.5) is 4.79 Å². The van der Waals surface area contributed by atoms with Crippen LogP contribution < -0.4 is 4.72 Å². The van der Waals surface area contributed by atoms with Gasteiger partial charge in [-0.25, -0.2) is 17.9 Å². The van der Waals surface area contributed by atoms with Gasteiger partial charge in [-0.05, 0) is 37.1 Å². The number of allylic oxidation sites excluding steroid dienone is 1. The average Bonchev–Trinajstić information content (AvgIpc) is 2.47. The van der Waals surface area contributed by atoms with Crippen molar-refractivity contribution in [1.82, 2.24) is 9.62 Å². The van der Waals surface area contributed by atoms with Gasteiger partial charge >= 0.3 is 6.09 Å². The van der Waals surface area contributed by atoms with Crippen LogP contribution in [-0.4, -0.2) is 38.1 Å². The number of benzene rings is 1. The van der Waals surface area contributed by atoms with E-state index in [0.717, 1.165) is 6.42 Å². The molecule has 0 saturated carbocycles. The maximum absolute atomic E-state index is 11.8. The van der Waals surface area contributed by atoms with Crippen molar-refractivity contribution < 1.29 is 18.3 Å². The molecule has 1 heterocycles. The lowest BCUT2D eigenvalue weighted by molar-refractivity contribution is 0.159. The minimum atomic E-state index is -3.55. The number of nitrogens with zero attached hydrogens (tertiary/aromatic N) is 1. The number of carboxylic acid groups (broad SMARTS) is 1. The molecule has 2 N–H and O–H groups in total. The lowest BCUT2D eigenvalue weighted by atomic mass is 9.98. The SMILES string of the molecule is CNS(=O)(=O)c1cccc(C2=CCC(C)CN2C(=O)O)c1. The van der Waals surface area contributed by atoms with Crippen molar-refractivity contribution in [3.63, 3.8) is 0 Å². The molecule has 0 fully saturated rings. The molecule has 1 aromatic rings. The fourth-order valence-corrected chi connectivity index (χ4v) is 3.08. The Hall–Kier alpha value is -1.86. The molecular weight excluding hydrogens is 292 g/mol. The number of sulfonamides is 1. The number of hydrogen-bond donors (Lipinski definition) is 2. The Morgan fingerprint density at radius 1 is 1.43 bits per heavy atom. The van der Waals surface area contributed by atoms with Gasteiger partial charge in [0.25, 0.3) is 0 Å². The topological polar surface area (TPSA) is 86.7 Å². The van der Waals surface area contributed by atoms with Crippen molar-refractivity contribution in [3.05, 3.63) is 35.9 Å². The van der Waals surface area contributed by atoms with Crippen molar-refractivity contribution in [2.75, 3.05) is 13.6 Å². The Kier molecular flexibility index (Phi) is 4.34. The highest BCUT2D eigenvalue weighted by atomic mass is 32.2. The van der Waals surface area contributed by atoms with Gasteiger partial charge in [0.1, 0.15) is 0 Å². The molecule has 0 aliphatic carbocycles. The number of nitrogens with one attached hydrogen (secondary N) is 1. The van der Waals surface area contributed by atoms with Crippen LogP contribution in [0.1, 0.15) is 18.9 Å². The van der Waals surface area contributed by atoms with Crippen molar-refractivity contribution >= 4 is 21.8 Å². The van der Waals surface area contributed by atoms with Crippen molar-refractivity contribution in [1.29, 1.82) is 0 Å². The normalized spacial score (nSPS) is 19.2. The lowest BCUT2D eigenvalue weighted by Gasteiger charge is -2.30. The van der Waals surface area contributed by atoms with Crippen LogP contribution in [-0.2, 0) is 10.0 Å². The second-order valence-corrected chi connectivity index (χ2v) is 6.95. The van der Waals surface area contributed by atoms with Crippen LogP contribution in [0.25, 0.3) is 5.70 Å². The first-order chi connectivity index (χ1) is 9.85. The minimum Gasteiger partial charge on any atom is -0.465 e. The zero-order valence-corrected chi connectivity index (χ0v) is 12.7. The molecule has 1 aliphatic rings. The van der Waals surface area contributed by atoms with Crippen LogP contribution in [0, 0.1) is 5.92 Å². The quantitative estimate of drug-likeness (QED) is 0.893. The zero-order chi connectivity index (χ0) is 15.6. The first kappa shape index (κ1) is 15.5. The molecule has 1 amide bonds. The molecule has 0 bridgehead atoms. The van der Waals surface area contributed by atoms with Crippen LogP contribution in [0.15, 0.2) is 35.2 Å². The Morgan fingerprint density at radius 3 is 2.76 bits per heavy atom. The molecule has 0 aromatic heterocycles. The Balaban J connectivity index is 2.46. The number of hydrogen-bond acceptors (Lipinski definition) is 3. The summed E-state index contributed by atoms with van der Waals surface area (Å²) in [7, 11) is -2.21. The fourth-order valence-electron chi connectivity index (χ4n) is 2.30. The molecule has 1 unspecified atom stereocenters. The van der Waals surface area contributed by atoms with E-state index in [1.54, 1.807) is 12.1 Å². The maximum atomic E-state index is 11.8. The third kappa shape index (κ3) is 3.25. The largest absolute Gasteiger partial charge is 0.465 e. The molecule has 7 heteroatoms. The van der Waals surface area contributed by atoms with Gasteiger partial charge in [-0.1, -0.05) is 25.1 Å². The Labute approximate surface area is 124 Å². The van der Waals surface area contributed by atoms with Crippen LogP contribution in [0.5, 0.6) is 0 Å². The van der Waals surface area contributed by atoms with Crippen molar-refractivity contribution in [3.8, 4) is 0 Å². The molecule has 114 valence electrons. The predicted octanol–water partition coefficient (Wildman–Crippen LogP) is 1.96. The van der Waals surface area contributed by atoms with E-state index in [-0.39, 0.29) is 10.8 Å². The monoisotopic (exact) mass is 310 g/mol. The van der Waals surface area contributed by atoms with Gasteiger partial charge in [0.2, 0.25) is 10.0 Å². The lowest BCUT2D eigenvalue weighted by Crippen LogP contribution is -2.34. The third-order valence-corrected chi connectivity index (χ3v) is 4.85. The van der Waals surface area contributed by atoms with E-state index >= 15 is 0 Å². The third-order valence-electron chi connectivity index (χ3n) is 3.44. The van der Waals surface area contributed by atoms with Crippen molar-refractivity contribution in [2.24, 2.45) is 5.92 Å². The summed E-state index contributed by atoms with van der Waals surface area (Å²) in [5.41, 5.74) is 1.12. The van der Waals surface area contributed by atoms with Gasteiger partial charge < -0.3 is 5.11 Å². The fraction of sp³-hybridized carbons (Fsp3) is 0.357. The van der Waals surface area contributed by atoms with E-state index in [1.807, 2.05) is 13.0 Å². The Morgan fingerprint density at radius 2 is 2.14 bits per heavy atom. The summed E-state index contributed by atoms with van der Waals surface area (Å²) in [6.07, 6.45) is 1.57. The Bertz CT molecular complexity index is 682. The van der Waals surface area contributed by atoms with E-state index < -0.39 is 16.1 Å². The summed E-state index contributed by atoms with van der Waals surface area (Å²) in [6, 6.07) is 6.29. The van der Waals surface area contributed by atoms with Crippen LogP contribution >= 0.6 is 0 Å². The van der Waals surface area contributed by atoms with E-state index in [4.69, 9.17) is 0 Å². The summed E-state index contributed by atoms with van der Waals surface area (Å²) in [5.74, 6) is 0.245. The predicted molar refractivity (Wildman–Crippen MR) is 79.2 cm³/mol. The smallest absolute Gasteiger partial charge is 0.411 e. The highest BCUT2D eigenvalue weighted by Crippen LogP contribution is 2.28. The molecule has 2 rings (SSSR count). The van der Waals surface area contributed by atoms with E-state index in [2.05, 4.69) is 4.72 Å². The van der Waals surface area contributed by atoms with Gasteiger partial charge in [0, 0.05) is 6.54 Å². The summed E-state index contributed by atoms with van der Waals surface area (Å²) in [6.45, 7) is 2.38. The van der Waals surface area contributed by atoms with Crippen LogP contribution in [0.2, 0.25) is 0 Å². The molecule has 0 saturated heterocycles. The second-order valence-electron chi connectivity index (χ2n) is 5.06. The molecule has 6 nitrogen and oxygen atoms in total. The average molecular weight is 310 g/mol. The number of rotatable bonds is 3. The zero-order valence-electron chi connectivity index (χ0n) is 11.9. The molecule has 21 heavy (non-hydrogen) atoms. The first-order valence-corrected chi connectivity index (χ1v) is 8.08. The van der Waals surface area contributed by atoms with E-state index in [9.17, 15) is 18.3 Å². The second kappa shape index (κ2) is 5.87. The molecule has 0 radical (unpaired) electrons. The first-order valence-electron chi connectivity index (χ1n) is 6.59. The van der Waals surface area contributed by atoms with Crippen LogP contribution in [0.3, 0.4) is 0 Å². The summed E-state index contributed by atoms with van der Waals surface area (Å²) >= 11 is 0. The summed E-state index contributed by atoms with van der Waals surface area (Å²) in [5, 5.41) is 9.32. The van der Waals surface area contributed by atoms with Crippen molar-refractivity contribution in [2.45, 2.75) is 18.2 Å². The molecule has 0 spiro atoms. The number of carbonyl (C=O) groups is 1.